The van der Waals surface area contributed by atoms with Crippen molar-refractivity contribution in [2.75, 3.05) is 0 Å². The summed E-state index contributed by atoms with van der Waals surface area (Å²) in [5, 5.41) is 19.8. The van der Waals surface area contributed by atoms with Crippen molar-refractivity contribution < 1.29 is 10.2 Å². The van der Waals surface area contributed by atoms with Crippen LogP contribution in [0.1, 0.15) is 24.8 Å². The zero-order valence-electron chi connectivity index (χ0n) is 7.48. The van der Waals surface area contributed by atoms with Crippen LogP contribution < -0.4 is 0 Å². The van der Waals surface area contributed by atoms with E-state index in [-0.39, 0.29) is 0 Å². The van der Waals surface area contributed by atoms with E-state index in [0.29, 0.717) is 12.8 Å². The maximum absolute atomic E-state index is 10.2. The molecule has 1 aliphatic carbocycles. The summed E-state index contributed by atoms with van der Waals surface area (Å²) >= 11 is 0. The summed E-state index contributed by atoms with van der Waals surface area (Å²) in [5.74, 6) is 0. The van der Waals surface area contributed by atoms with Gasteiger partial charge < -0.3 is 10.2 Å². The lowest BCUT2D eigenvalue weighted by atomic mass is 9.90. The molecule has 0 aliphatic heterocycles. The molecule has 0 heterocycles. The second-order valence-electron chi connectivity index (χ2n) is 3.70. The molecule has 0 radical (unpaired) electrons. The Kier molecular flexibility index (Phi) is 2.10. The summed E-state index contributed by atoms with van der Waals surface area (Å²) in [5.41, 5.74) is -0.165. The van der Waals surface area contributed by atoms with Crippen LogP contribution in [0.3, 0.4) is 0 Å². The van der Waals surface area contributed by atoms with E-state index < -0.39 is 11.7 Å². The topological polar surface area (TPSA) is 40.5 Å². The standard InChI is InChI=1S/C11H14O2/c12-10-7-4-8-11(10,13)9-5-2-1-3-6-9/h1-3,5-6,10,12-13H,4,7-8H2/t10-,11?/m1/s1. The summed E-state index contributed by atoms with van der Waals surface area (Å²) in [4.78, 5) is 0. The van der Waals surface area contributed by atoms with Gasteiger partial charge in [-0.1, -0.05) is 30.3 Å². The van der Waals surface area contributed by atoms with Crippen LogP contribution in [0.15, 0.2) is 30.3 Å². The maximum atomic E-state index is 10.2. The minimum atomic E-state index is -0.999. The Balaban J connectivity index is 2.34. The highest BCUT2D eigenvalue weighted by Gasteiger charge is 2.41. The number of aliphatic hydroxyl groups is 2. The summed E-state index contributed by atoms with van der Waals surface area (Å²) in [7, 11) is 0. The Bertz CT molecular complexity index is 283. The SMILES string of the molecule is O[C@@H]1CCCC1(O)c1ccccc1. The first-order valence-electron chi connectivity index (χ1n) is 4.69. The second kappa shape index (κ2) is 3.13. The zero-order valence-corrected chi connectivity index (χ0v) is 7.48. The summed E-state index contributed by atoms with van der Waals surface area (Å²) in [6.07, 6.45) is 1.66. The van der Waals surface area contributed by atoms with Crippen LogP contribution in [-0.4, -0.2) is 16.3 Å². The third-order valence-electron chi connectivity index (χ3n) is 2.86. The number of aliphatic hydroxyl groups excluding tert-OH is 1. The van der Waals surface area contributed by atoms with Crippen molar-refractivity contribution in [1.29, 1.82) is 0 Å². The molecule has 2 atom stereocenters. The van der Waals surface area contributed by atoms with E-state index in [1.54, 1.807) is 0 Å². The molecule has 0 bridgehead atoms. The lowest BCUT2D eigenvalue weighted by molar-refractivity contribution is -0.0579. The predicted octanol–water partition coefficient (Wildman–Crippen LogP) is 1.42. The van der Waals surface area contributed by atoms with Crippen LogP contribution in [0.4, 0.5) is 0 Å². The van der Waals surface area contributed by atoms with E-state index in [0.717, 1.165) is 12.0 Å². The normalized spacial score (nSPS) is 33.5. The zero-order chi connectivity index (χ0) is 9.31. The molecule has 1 aromatic rings. The highest BCUT2D eigenvalue weighted by atomic mass is 16.3. The Labute approximate surface area is 77.8 Å². The lowest BCUT2D eigenvalue weighted by Gasteiger charge is -2.26. The fourth-order valence-electron chi connectivity index (χ4n) is 2.03. The van der Waals surface area contributed by atoms with Crippen molar-refractivity contribution in [3.05, 3.63) is 35.9 Å². The summed E-state index contributed by atoms with van der Waals surface area (Å²) < 4.78 is 0. The third kappa shape index (κ3) is 1.36. The molecule has 2 rings (SSSR count). The summed E-state index contributed by atoms with van der Waals surface area (Å²) in [6, 6.07) is 9.42. The van der Waals surface area contributed by atoms with Gasteiger partial charge >= 0.3 is 0 Å². The van der Waals surface area contributed by atoms with Gasteiger partial charge in [-0.3, -0.25) is 0 Å². The number of benzene rings is 1. The van der Waals surface area contributed by atoms with Gasteiger partial charge in [-0.05, 0) is 24.8 Å². The molecule has 1 saturated carbocycles. The second-order valence-corrected chi connectivity index (χ2v) is 3.70. The molecule has 0 spiro atoms. The largest absolute Gasteiger partial charge is 0.390 e. The first kappa shape index (κ1) is 8.73. The van der Waals surface area contributed by atoms with E-state index in [1.165, 1.54) is 0 Å². The van der Waals surface area contributed by atoms with E-state index >= 15 is 0 Å². The third-order valence-corrected chi connectivity index (χ3v) is 2.86. The Morgan fingerprint density at radius 1 is 1.23 bits per heavy atom. The number of rotatable bonds is 1. The molecule has 2 N–H and O–H groups in total. The van der Waals surface area contributed by atoms with Crippen molar-refractivity contribution >= 4 is 0 Å². The quantitative estimate of drug-likeness (QED) is 0.682. The Hall–Kier alpha value is -0.860. The van der Waals surface area contributed by atoms with Crippen LogP contribution in [0.2, 0.25) is 0 Å². The van der Waals surface area contributed by atoms with Crippen molar-refractivity contribution in [2.45, 2.75) is 31.0 Å². The highest BCUT2D eigenvalue weighted by Crippen LogP contribution is 2.38. The van der Waals surface area contributed by atoms with Crippen molar-refractivity contribution in [3.63, 3.8) is 0 Å². The van der Waals surface area contributed by atoms with Crippen molar-refractivity contribution in [1.82, 2.24) is 0 Å². The van der Waals surface area contributed by atoms with Gasteiger partial charge in [0.2, 0.25) is 0 Å². The molecule has 0 amide bonds. The molecule has 13 heavy (non-hydrogen) atoms. The van der Waals surface area contributed by atoms with Crippen molar-refractivity contribution in [2.24, 2.45) is 0 Å². The van der Waals surface area contributed by atoms with Gasteiger partial charge in [0.1, 0.15) is 5.60 Å². The molecule has 2 nitrogen and oxygen atoms in total. The first-order valence-corrected chi connectivity index (χ1v) is 4.69. The van der Waals surface area contributed by atoms with Gasteiger partial charge in [-0.25, -0.2) is 0 Å². The minimum absolute atomic E-state index is 0.602. The monoisotopic (exact) mass is 178 g/mol. The molecule has 1 fully saturated rings. The predicted molar refractivity (Wildman–Crippen MR) is 50.2 cm³/mol. The smallest absolute Gasteiger partial charge is 0.115 e. The molecule has 0 saturated heterocycles. The Morgan fingerprint density at radius 2 is 1.92 bits per heavy atom. The minimum Gasteiger partial charge on any atom is -0.390 e. The van der Waals surface area contributed by atoms with Gasteiger partial charge in [-0.15, -0.1) is 0 Å². The molecular formula is C11H14O2. The van der Waals surface area contributed by atoms with E-state index in [1.807, 2.05) is 30.3 Å². The highest BCUT2D eigenvalue weighted by molar-refractivity contribution is 5.24. The molecule has 2 heteroatoms. The van der Waals surface area contributed by atoms with Crippen LogP contribution in [0, 0.1) is 0 Å². The average molecular weight is 178 g/mol. The molecule has 70 valence electrons. The van der Waals surface area contributed by atoms with Gasteiger partial charge in [0.15, 0.2) is 0 Å². The van der Waals surface area contributed by atoms with Crippen molar-refractivity contribution in [3.8, 4) is 0 Å². The summed E-state index contributed by atoms with van der Waals surface area (Å²) in [6.45, 7) is 0. The van der Waals surface area contributed by atoms with Gasteiger partial charge in [0.05, 0.1) is 6.10 Å². The van der Waals surface area contributed by atoms with Crippen LogP contribution in [0.25, 0.3) is 0 Å². The Morgan fingerprint density at radius 3 is 2.46 bits per heavy atom. The van der Waals surface area contributed by atoms with E-state index in [9.17, 15) is 10.2 Å². The molecule has 0 aromatic heterocycles. The maximum Gasteiger partial charge on any atom is 0.115 e. The average Bonchev–Trinajstić information content (AvgIpc) is 2.50. The molecular weight excluding hydrogens is 164 g/mol. The van der Waals surface area contributed by atoms with E-state index in [2.05, 4.69) is 0 Å². The fraction of sp³-hybridized carbons (Fsp3) is 0.455. The van der Waals surface area contributed by atoms with Gasteiger partial charge in [0.25, 0.3) is 0 Å². The van der Waals surface area contributed by atoms with Gasteiger partial charge in [-0.2, -0.15) is 0 Å². The fourth-order valence-corrected chi connectivity index (χ4v) is 2.03. The first-order chi connectivity index (χ1) is 6.23. The van der Waals surface area contributed by atoms with Crippen LogP contribution in [-0.2, 0) is 5.60 Å². The number of hydrogen-bond acceptors (Lipinski definition) is 2. The number of hydrogen-bond donors (Lipinski definition) is 2. The van der Waals surface area contributed by atoms with Gasteiger partial charge in [0, 0.05) is 0 Å². The van der Waals surface area contributed by atoms with Crippen LogP contribution in [0.5, 0.6) is 0 Å². The molecule has 1 aliphatic rings. The molecule has 1 unspecified atom stereocenters. The van der Waals surface area contributed by atoms with Crippen LogP contribution >= 0.6 is 0 Å². The molecule has 1 aromatic carbocycles. The van der Waals surface area contributed by atoms with E-state index in [4.69, 9.17) is 0 Å². The lowest BCUT2D eigenvalue weighted by Crippen LogP contribution is -2.34.